The summed E-state index contributed by atoms with van der Waals surface area (Å²) in [6, 6.07) is 9.42. The lowest BCUT2D eigenvalue weighted by Crippen LogP contribution is -2.06. The van der Waals surface area contributed by atoms with Crippen LogP contribution in [0.1, 0.15) is 5.56 Å². The van der Waals surface area contributed by atoms with Crippen molar-refractivity contribution in [2.45, 2.75) is 6.54 Å². The van der Waals surface area contributed by atoms with Crippen LogP contribution in [0.5, 0.6) is 0 Å². The maximum atomic E-state index is 13.1. The van der Waals surface area contributed by atoms with Crippen LogP contribution >= 0.6 is 0 Å². The van der Waals surface area contributed by atoms with E-state index in [-0.39, 0.29) is 5.82 Å². The highest BCUT2D eigenvalue weighted by Gasteiger charge is 2.04. The van der Waals surface area contributed by atoms with Gasteiger partial charge in [-0.1, -0.05) is 24.3 Å². The summed E-state index contributed by atoms with van der Waals surface area (Å²) in [7, 11) is 1.89. The van der Waals surface area contributed by atoms with Gasteiger partial charge in [-0.3, -0.25) is 4.98 Å². The van der Waals surface area contributed by atoms with Crippen LogP contribution in [0.4, 0.5) is 4.39 Å². The molecule has 1 heterocycles. The van der Waals surface area contributed by atoms with Crippen molar-refractivity contribution in [2.75, 3.05) is 7.05 Å². The Hall–Kier alpha value is -1.74. The molecule has 3 heteroatoms. The van der Waals surface area contributed by atoms with E-state index in [1.54, 1.807) is 6.20 Å². The van der Waals surface area contributed by atoms with Crippen molar-refractivity contribution in [1.82, 2.24) is 10.3 Å². The molecular formula is C13H13FN2. The topological polar surface area (TPSA) is 24.9 Å². The van der Waals surface area contributed by atoms with Gasteiger partial charge in [-0.2, -0.15) is 0 Å². The Bertz CT molecular complexity index is 483. The predicted octanol–water partition coefficient (Wildman–Crippen LogP) is 2.61. The Morgan fingerprint density at radius 2 is 2.06 bits per heavy atom. The van der Waals surface area contributed by atoms with Gasteiger partial charge in [0.1, 0.15) is 5.82 Å². The highest BCUT2D eigenvalue weighted by Crippen LogP contribution is 2.23. The molecule has 1 N–H and O–H groups in total. The molecule has 1 aromatic carbocycles. The molecule has 0 bridgehead atoms. The predicted molar refractivity (Wildman–Crippen MR) is 62.4 cm³/mol. The summed E-state index contributed by atoms with van der Waals surface area (Å²) in [5, 5.41) is 3.09. The summed E-state index contributed by atoms with van der Waals surface area (Å²) in [5.74, 6) is -0.309. The molecule has 82 valence electrons. The van der Waals surface area contributed by atoms with Gasteiger partial charge in [0, 0.05) is 18.3 Å². The molecule has 0 saturated carbocycles. The third-order valence-corrected chi connectivity index (χ3v) is 2.40. The molecule has 0 saturated heterocycles. The fraction of sp³-hybridized carbons (Fsp3) is 0.154. The molecule has 0 spiro atoms. The Morgan fingerprint density at radius 3 is 2.81 bits per heavy atom. The monoisotopic (exact) mass is 216 g/mol. The van der Waals surface area contributed by atoms with E-state index < -0.39 is 0 Å². The number of rotatable bonds is 3. The van der Waals surface area contributed by atoms with Gasteiger partial charge in [-0.25, -0.2) is 4.39 Å². The van der Waals surface area contributed by atoms with Gasteiger partial charge in [0.25, 0.3) is 0 Å². The Balaban J connectivity index is 2.46. The van der Waals surface area contributed by atoms with E-state index in [0.29, 0.717) is 0 Å². The second kappa shape index (κ2) is 4.86. The van der Waals surface area contributed by atoms with Gasteiger partial charge in [0.2, 0.25) is 0 Å². The number of pyridine rings is 1. The van der Waals surface area contributed by atoms with Crippen LogP contribution in [0.15, 0.2) is 42.7 Å². The van der Waals surface area contributed by atoms with Crippen molar-refractivity contribution in [1.29, 1.82) is 0 Å². The van der Waals surface area contributed by atoms with Crippen LogP contribution in [-0.2, 0) is 6.54 Å². The lowest BCUT2D eigenvalue weighted by atomic mass is 10.0. The van der Waals surface area contributed by atoms with Crippen LogP contribution in [-0.4, -0.2) is 12.0 Å². The summed E-state index contributed by atoms with van der Waals surface area (Å²) in [6.45, 7) is 0.757. The Morgan fingerprint density at radius 1 is 1.25 bits per heavy atom. The van der Waals surface area contributed by atoms with Crippen molar-refractivity contribution in [3.63, 3.8) is 0 Å². The zero-order chi connectivity index (χ0) is 11.4. The summed E-state index contributed by atoms with van der Waals surface area (Å²) >= 11 is 0. The smallest absolute Gasteiger partial charge is 0.142 e. The van der Waals surface area contributed by atoms with Gasteiger partial charge in [-0.05, 0) is 24.2 Å². The van der Waals surface area contributed by atoms with Gasteiger partial charge < -0.3 is 5.32 Å². The SMILES string of the molecule is CNCc1ccccc1-c1cncc(F)c1. The quantitative estimate of drug-likeness (QED) is 0.853. The van der Waals surface area contributed by atoms with Crippen molar-refractivity contribution in [2.24, 2.45) is 0 Å². The van der Waals surface area contributed by atoms with Crippen LogP contribution in [0, 0.1) is 5.82 Å². The molecule has 0 aliphatic carbocycles. The highest BCUT2D eigenvalue weighted by molar-refractivity contribution is 5.66. The maximum Gasteiger partial charge on any atom is 0.142 e. The second-order valence-corrected chi connectivity index (χ2v) is 3.58. The summed E-state index contributed by atoms with van der Waals surface area (Å²) in [6.07, 6.45) is 2.89. The van der Waals surface area contributed by atoms with Crippen LogP contribution < -0.4 is 5.32 Å². The Labute approximate surface area is 94.2 Å². The Kier molecular flexibility index (Phi) is 3.27. The van der Waals surface area contributed by atoms with E-state index in [2.05, 4.69) is 10.3 Å². The van der Waals surface area contributed by atoms with Gasteiger partial charge in [-0.15, -0.1) is 0 Å². The molecule has 2 aromatic rings. The standard InChI is InChI=1S/C13H13FN2/c1-15-7-10-4-2-3-5-13(10)11-6-12(14)9-16-8-11/h2-6,8-9,15H,7H2,1H3. The molecule has 0 unspecified atom stereocenters. The first kappa shape index (κ1) is 10.8. The minimum absolute atomic E-state index is 0.309. The summed E-state index contributed by atoms with van der Waals surface area (Å²) in [5.41, 5.74) is 2.96. The molecule has 2 nitrogen and oxygen atoms in total. The number of halogens is 1. The molecule has 0 radical (unpaired) electrons. The van der Waals surface area contributed by atoms with Crippen molar-refractivity contribution in [3.05, 3.63) is 54.1 Å². The minimum atomic E-state index is -0.309. The third-order valence-electron chi connectivity index (χ3n) is 2.40. The number of hydrogen-bond donors (Lipinski definition) is 1. The number of benzene rings is 1. The summed E-state index contributed by atoms with van der Waals surface area (Å²) < 4.78 is 13.1. The van der Waals surface area contributed by atoms with Crippen LogP contribution in [0.3, 0.4) is 0 Å². The highest BCUT2D eigenvalue weighted by atomic mass is 19.1. The molecule has 0 atom stereocenters. The lowest BCUT2D eigenvalue weighted by molar-refractivity contribution is 0.622. The first-order chi connectivity index (χ1) is 7.81. The molecule has 1 aromatic heterocycles. The molecule has 0 aliphatic heterocycles. The second-order valence-electron chi connectivity index (χ2n) is 3.58. The maximum absolute atomic E-state index is 13.1. The fourth-order valence-corrected chi connectivity index (χ4v) is 1.71. The van der Waals surface area contributed by atoms with E-state index >= 15 is 0 Å². The normalized spacial score (nSPS) is 10.4. The molecule has 0 aliphatic rings. The lowest BCUT2D eigenvalue weighted by Gasteiger charge is -2.08. The van der Waals surface area contributed by atoms with Gasteiger partial charge in [0.05, 0.1) is 6.20 Å². The van der Waals surface area contributed by atoms with Crippen molar-refractivity contribution >= 4 is 0 Å². The first-order valence-corrected chi connectivity index (χ1v) is 5.14. The van der Waals surface area contributed by atoms with Gasteiger partial charge in [0.15, 0.2) is 0 Å². The zero-order valence-corrected chi connectivity index (χ0v) is 9.07. The number of nitrogens with one attached hydrogen (secondary N) is 1. The minimum Gasteiger partial charge on any atom is -0.316 e. The van der Waals surface area contributed by atoms with E-state index in [9.17, 15) is 4.39 Å². The molecule has 2 rings (SSSR count). The molecule has 16 heavy (non-hydrogen) atoms. The third kappa shape index (κ3) is 2.25. The number of aromatic nitrogens is 1. The molecule has 0 amide bonds. The molecule has 0 fully saturated rings. The van der Waals surface area contributed by atoms with Crippen LogP contribution in [0.25, 0.3) is 11.1 Å². The average Bonchev–Trinajstić information content (AvgIpc) is 2.30. The van der Waals surface area contributed by atoms with Crippen molar-refractivity contribution < 1.29 is 4.39 Å². The first-order valence-electron chi connectivity index (χ1n) is 5.14. The average molecular weight is 216 g/mol. The van der Waals surface area contributed by atoms with E-state index in [1.807, 2.05) is 31.3 Å². The largest absolute Gasteiger partial charge is 0.316 e. The van der Waals surface area contributed by atoms with Gasteiger partial charge >= 0.3 is 0 Å². The van der Waals surface area contributed by atoms with Crippen LogP contribution in [0.2, 0.25) is 0 Å². The van der Waals surface area contributed by atoms with Crippen molar-refractivity contribution in [3.8, 4) is 11.1 Å². The zero-order valence-electron chi connectivity index (χ0n) is 9.07. The van der Waals surface area contributed by atoms with E-state index in [1.165, 1.54) is 12.3 Å². The number of nitrogens with zero attached hydrogens (tertiary/aromatic N) is 1. The van der Waals surface area contributed by atoms with E-state index in [4.69, 9.17) is 0 Å². The fourth-order valence-electron chi connectivity index (χ4n) is 1.71. The summed E-state index contributed by atoms with van der Waals surface area (Å²) in [4.78, 5) is 3.87. The van der Waals surface area contributed by atoms with E-state index in [0.717, 1.165) is 23.2 Å². The molecular weight excluding hydrogens is 203 g/mol. The number of hydrogen-bond acceptors (Lipinski definition) is 2.